The predicted octanol–water partition coefficient (Wildman–Crippen LogP) is 1.66. The maximum Gasteiger partial charge on any atom is 0.252 e. The lowest BCUT2D eigenvalue weighted by Crippen LogP contribution is -2.37. The lowest BCUT2D eigenvalue weighted by atomic mass is 10.2. The minimum Gasteiger partial charge on any atom is -0.357 e. The van der Waals surface area contributed by atoms with Gasteiger partial charge in [0, 0.05) is 31.9 Å². The molecule has 0 saturated carbocycles. The first-order valence-electron chi connectivity index (χ1n) is 7.28. The van der Waals surface area contributed by atoms with Gasteiger partial charge in [0.1, 0.15) is 5.82 Å². The first-order valence-corrected chi connectivity index (χ1v) is 7.28. The molecular formula is C15H26N4O. The highest BCUT2D eigenvalue weighted by Crippen LogP contribution is 2.11. The fourth-order valence-electron chi connectivity index (χ4n) is 1.86. The number of pyridine rings is 1. The van der Waals surface area contributed by atoms with Crippen molar-refractivity contribution in [3.8, 4) is 0 Å². The molecule has 0 bridgehead atoms. The van der Waals surface area contributed by atoms with Crippen molar-refractivity contribution < 1.29 is 4.79 Å². The molecule has 112 valence electrons. The molecule has 0 aliphatic carbocycles. The molecule has 1 rings (SSSR count). The molecule has 0 radical (unpaired) electrons. The van der Waals surface area contributed by atoms with E-state index in [4.69, 9.17) is 0 Å². The smallest absolute Gasteiger partial charge is 0.252 e. The van der Waals surface area contributed by atoms with Gasteiger partial charge in [0.15, 0.2) is 0 Å². The Balaban J connectivity index is 2.63. The summed E-state index contributed by atoms with van der Waals surface area (Å²) in [5.74, 6) is 0.846. The normalized spacial score (nSPS) is 12.0. The van der Waals surface area contributed by atoms with Crippen LogP contribution in [0, 0.1) is 0 Å². The van der Waals surface area contributed by atoms with Crippen LogP contribution in [0.1, 0.15) is 37.6 Å². The Kier molecular flexibility index (Phi) is 7.01. The van der Waals surface area contributed by atoms with Crippen molar-refractivity contribution in [1.82, 2.24) is 15.6 Å². The third-order valence-corrected chi connectivity index (χ3v) is 3.27. The highest BCUT2D eigenvalue weighted by Gasteiger charge is 2.09. The minimum absolute atomic E-state index is 0.0790. The molecule has 0 saturated heterocycles. The second kappa shape index (κ2) is 8.53. The van der Waals surface area contributed by atoms with E-state index in [1.54, 1.807) is 6.20 Å². The van der Waals surface area contributed by atoms with E-state index in [1.807, 2.05) is 26.1 Å². The number of aromatic nitrogens is 1. The van der Waals surface area contributed by atoms with E-state index in [0.717, 1.165) is 25.3 Å². The van der Waals surface area contributed by atoms with Gasteiger partial charge >= 0.3 is 0 Å². The number of likely N-dealkylation sites (N-methyl/N-ethyl adjacent to an activating group) is 1. The van der Waals surface area contributed by atoms with Crippen LogP contribution in [0.25, 0.3) is 0 Å². The lowest BCUT2D eigenvalue weighted by molar-refractivity contribution is 0.0950. The Morgan fingerprint density at radius 3 is 2.65 bits per heavy atom. The van der Waals surface area contributed by atoms with Gasteiger partial charge in [-0.1, -0.05) is 6.92 Å². The van der Waals surface area contributed by atoms with Gasteiger partial charge in [-0.25, -0.2) is 4.98 Å². The summed E-state index contributed by atoms with van der Waals surface area (Å²) in [4.78, 5) is 18.5. The molecule has 1 atom stereocenters. The Labute approximate surface area is 121 Å². The van der Waals surface area contributed by atoms with Gasteiger partial charge < -0.3 is 15.5 Å². The minimum atomic E-state index is -0.0790. The van der Waals surface area contributed by atoms with E-state index >= 15 is 0 Å². The quantitative estimate of drug-likeness (QED) is 0.759. The average molecular weight is 278 g/mol. The molecule has 5 nitrogen and oxygen atoms in total. The maximum absolute atomic E-state index is 11.9. The number of hydrogen-bond acceptors (Lipinski definition) is 4. The summed E-state index contributed by atoms with van der Waals surface area (Å²) in [7, 11) is 1.88. The van der Waals surface area contributed by atoms with E-state index < -0.39 is 0 Å². The second-order valence-electron chi connectivity index (χ2n) is 4.88. The van der Waals surface area contributed by atoms with E-state index in [0.29, 0.717) is 12.1 Å². The van der Waals surface area contributed by atoms with Crippen LogP contribution in [0.15, 0.2) is 18.3 Å². The van der Waals surface area contributed by atoms with Crippen LogP contribution < -0.4 is 15.5 Å². The van der Waals surface area contributed by atoms with Crippen LogP contribution in [-0.4, -0.2) is 43.6 Å². The molecule has 1 unspecified atom stereocenters. The number of carbonyl (C=O) groups excluding carboxylic acids is 1. The number of carbonyl (C=O) groups is 1. The standard InChI is InChI=1S/C15H26N4O/c1-5-9-19(6-2)14-8-7-13(11-17-14)15(20)18-10-12(3)16-4/h7-8,11-12,16H,5-6,9-10H2,1-4H3,(H,18,20). The zero-order chi connectivity index (χ0) is 15.0. The van der Waals surface area contributed by atoms with Crippen LogP contribution in [0.5, 0.6) is 0 Å². The van der Waals surface area contributed by atoms with Crippen LogP contribution >= 0.6 is 0 Å². The summed E-state index contributed by atoms with van der Waals surface area (Å²) in [5, 5.41) is 5.96. The molecule has 0 spiro atoms. The molecule has 2 N–H and O–H groups in total. The van der Waals surface area contributed by atoms with E-state index in [2.05, 4.69) is 34.4 Å². The number of nitrogens with one attached hydrogen (secondary N) is 2. The topological polar surface area (TPSA) is 57.3 Å². The third kappa shape index (κ3) is 4.81. The van der Waals surface area contributed by atoms with Gasteiger partial charge in [-0.05, 0) is 39.4 Å². The molecule has 1 amide bonds. The van der Waals surface area contributed by atoms with Crippen LogP contribution in [-0.2, 0) is 0 Å². The number of rotatable bonds is 8. The first kappa shape index (κ1) is 16.4. The van der Waals surface area contributed by atoms with Crippen molar-refractivity contribution in [2.45, 2.75) is 33.2 Å². The van der Waals surface area contributed by atoms with Crippen molar-refractivity contribution in [3.05, 3.63) is 23.9 Å². The predicted molar refractivity (Wildman–Crippen MR) is 83.3 cm³/mol. The van der Waals surface area contributed by atoms with Crippen molar-refractivity contribution >= 4 is 11.7 Å². The maximum atomic E-state index is 11.9. The summed E-state index contributed by atoms with van der Waals surface area (Å²) in [6.45, 7) is 8.78. The fraction of sp³-hybridized carbons (Fsp3) is 0.600. The summed E-state index contributed by atoms with van der Waals surface area (Å²) in [5.41, 5.74) is 0.601. The van der Waals surface area contributed by atoms with Gasteiger partial charge in [0.25, 0.3) is 5.91 Å². The van der Waals surface area contributed by atoms with Gasteiger partial charge in [0.05, 0.1) is 5.56 Å². The van der Waals surface area contributed by atoms with Crippen molar-refractivity contribution in [3.63, 3.8) is 0 Å². The van der Waals surface area contributed by atoms with Crippen LogP contribution in [0.2, 0.25) is 0 Å². The molecule has 0 fully saturated rings. The molecular weight excluding hydrogens is 252 g/mol. The fourth-order valence-corrected chi connectivity index (χ4v) is 1.86. The number of anilines is 1. The molecule has 1 heterocycles. The largest absolute Gasteiger partial charge is 0.357 e. The number of nitrogens with zero attached hydrogens (tertiary/aromatic N) is 2. The highest BCUT2D eigenvalue weighted by atomic mass is 16.1. The molecule has 1 aromatic heterocycles. The molecule has 20 heavy (non-hydrogen) atoms. The SMILES string of the molecule is CCCN(CC)c1ccc(C(=O)NCC(C)NC)cn1. The molecule has 0 aliphatic rings. The number of hydrogen-bond donors (Lipinski definition) is 2. The Bertz CT molecular complexity index is 405. The summed E-state index contributed by atoms with van der Waals surface area (Å²) in [6, 6.07) is 4.00. The van der Waals surface area contributed by atoms with Crippen LogP contribution in [0.4, 0.5) is 5.82 Å². The van der Waals surface area contributed by atoms with E-state index in [-0.39, 0.29) is 11.9 Å². The summed E-state index contributed by atoms with van der Waals surface area (Å²) < 4.78 is 0. The third-order valence-electron chi connectivity index (χ3n) is 3.27. The Hall–Kier alpha value is -1.62. The molecule has 0 aliphatic heterocycles. The second-order valence-corrected chi connectivity index (χ2v) is 4.88. The monoisotopic (exact) mass is 278 g/mol. The molecule has 0 aromatic carbocycles. The van der Waals surface area contributed by atoms with Crippen molar-refractivity contribution in [2.75, 3.05) is 31.6 Å². The molecule has 1 aromatic rings. The van der Waals surface area contributed by atoms with Crippen molar-refractivity contribution in [2.24, 2.45) is 0 Å². The molecule has 5 heteroatoms. The Morgan fingerprint density at radius 2 is 2.15 bits per heavy atom. The van der Waals surface area contributed by atoms with E-state index in [1.165, 1.54) is 0 Å². The van der Waals surface area contributed by atoms with Gasteiger partial charge in [-0.2, -0.15) is 0 Å². The van der Waals surface area contributed by atoms with E-state index in [9.17, 15) is 4.79 Å². The number of amides is 1. The van der Waals surface area contributed by atoms with Crippen molar-refractivity contribution in [1.29, 1.82) is 0 Å². The summed E-state index contributed by atoms with van der Waals surface area (Å²) >= 11 is 0. The highest BCUT2D eigenvalue weighted by molar-refractivity contribution is 5.94. The first-order chi connectivity index (χ1) is 9.62. The van der Waals surface area contributed by atoms with Crippen LogP contribution in [0.3, 0.4) is 0 Å². The Morgan fingerprint density at radius 1 is 1.40 bits per heavy atom. The summed E-state index contributed by atoms with van der Waals surface area (Å²) in [6.07, 6.45) is 2.73. The zero-order valence-electron chi connectivity index (χ0n) is 12.9. The van der Waals surface area contributed by atoms with Gasteiger partial charge in [0.2, 0.25) is 0 Å². The lowest BCUT2D eigenvalue weighted by Gasteiger charge is -2.21. The van der Waals surface area contributed by atoms with Gasteiger partial charge in [-0.15, -0.1) is 0 Å². The average Bonchev–Trinajstić information content (AvgIpc) is 2.50. The van der Waals surface area contributed by atoms with Gasteiger partial charge in [-0.3, -0.25) is 4.79 Å². The zero-order valence-corrected chi connectivity index (χ0v) is 12.9.